The Morgan fingerprint density at radius 1 is 1.26 bits per heavy atom. The van der Waals surface area contributed by atoms with Gasteiger partial charge in [-0.15, -0.1) is 0 Å². The molecule has 0 unspecified atom stereocenters. The molecule has 0 saturated carbocycles. The fraction of sp³-hybridized carbons (Fsp3) is 0.381. The summed E-state index contributed by atoms with van der Waals surface area (Å²) in [6.07, 6.45) is 3.17. The largest absolute Gasteiger partial charge is 0.342 e. The maximum Gasteiger partial charge on any atom is 0.227 e. The molecule has 1 aliphatic rings. The number of pyridine rings is 1. The van der Waals surface area contributed by atoms with Crippen molar-refractivity contribution in [3.8, 4) is 0 Å². The van der Waals surface area contributed by atoms with Crippen molar-refractivity contribution in [3.63, 3.8) is 0 Å². The molecule has 6 heteroatoms. The molecule has 1 aliphatic heterocycles. The number of rotatable bonds is 5. The second-order valence-electron chi connectivity index (χ2n) is 7.26. The zero-order valence-corrected chi connectivity index (χ0v) is 15.6. The Bertz CT molecular complexity index is 947. The number of fused-ring (bicyclic) bond motifs is 1. The van der Waals surface area contributed by atoms with Crippen LogP contribution in [0.15, 0.2) is 42.6 Å². The van der Waals surface area contributed by atoms with E-state index in [0.29, 0.717) is 26.1 Å². The monoisotopic (exact) mass is 363 g/mol. The minimum atomic E-state index is 0.185. The van der Waals surface area contributed by atoms with Crippen molar-refractivity contribution in [2.45, 2.75) is 32.2 Å². The van der Waals surface area contributed by atoms with Crippen molar-refractivity contribution in [1.29, 1.82) is 0 Å². The molecular weight excluding hydrogens is 338 g/mol. The summed E-state index contributed by atoms with van der Waals surface area (Å²) in [7, 11) is 0. The molecule has 1 amide bonds. The maximum atomic E-state index is 12.7. The van der Waals surface area contributed by atoms with Crippen LogP contribution in [0.1, 0.15) is 29.2 Å². The van der Waals surface area contributed by atoms with Gasteiger partial charge in [-0.2, -0.15) is 5.10 Å². The molecule has 1 atom stereocenters. The lowest BCUT2D eigenvalue weighted by molar-refractivity contribution is -0.129. The van der Waals surface area contributed by atoms with Crippen LogP contribution in [0, 0.1) is 6.92 Å². The van der Waals surface area contributed by atoms with Crippen molar-refractivity contribution in [3.05, 3.63) is 59.4 Å². The Balaban J connectivity index is 1.50. The number of carbonyl (C=O) groups excluding carboxylic acids is 1. The van der Waals surface area contributed by atoms with E-state index in [1.54, 1.807) is 6.20 Å². The number of aromatic nitrogens is 3. The number of hydrogen-bond acceptors (Lipinski definition) is 4. The van der Waals surface area contributed by atoms with Crippen molar-refractivity contribution in [1.82, 2.24) is 19.7 Å². The first-order valence-electron chi connectivity index (χ1n) is 9.50. The Morgan fingerprint density at radius 2 is 2.07 bits per heavy atom. The molecule has 27 heavy (non-hydrogen) atoms. The van der Waals surface area contributed by atoms with E-state index in [-0.39, 0.29) is 11.8 Å². The van der Waals surface area contributed by atoms with Crippen molar-refractivity contribution in [2.75, 3.05) is 19.6 Å². The number of nitrogens with zero attached hydrogens (tertiary/aromatic N) is 4. The topological polar surface area (TPSA) is 77.0 Å². The second-order valence-corrected chi connectivity index (χ2v) is 7.26. The lowest BCUT2D eigenvalue weighted by Crippen LogP contribution is -2.29. The van der Waals surface area contributed by atoms with Gasteiger partial charge in [-0.05, 0) is 31.0 Å². The highest BCUT2D eigenvalue weighted by molar-refractivity contribution is 5.81. The van der Waals surface area contributed by atoms with E-state index < -0.39 is 0 Å². The fourth-order valence-corrected chi connectivity index (χ4v) is 3.82. The minimum Gasteiger partial charge on any atom is -0.342 e. The SMILES string of the molecule is Cc1ccc(CC(=O)N2CC[C@@H](c3nn(CCN)c4ncccc34)C2)cc1. The molecule has 3 aromatic rings. The fourth-order valence-electron chi connectivity index (χ4n) is 3.82. The van der Waals surface area contributed by atoms with E-state index in [2.05, 4.69) is 30.1 Å². The predicted molar refractivity (Wildman–Crippen MR) is 105 cm³/mol. The average molecular weight is 363 g/mol. The molecule has 1 aromatic carbocycles. The highest BCUT2D eigenvalue weighted by atomic mass is 16.2. The van der Waals surface area contributed by atoms with Gasteiger partial charge in [-0.25, -0.2) is 9.67 Å². The summed E-state index contributed by atoms with van der Waals surface area (Å²) in [6.45, 7) is 4.73. The third kappa shape index (κ3) is 3.57. The van der Waals surface area contributed by atoms with Gasteiger partial charge in [0.1, 0.15) is 0 Å². The van der Waals surface area contributed by atoms with Gasteiger partial charge in [0.2, 0.25) is 5.91 Å². The van der Waals surface area contributed by atoms with Crippen LogP contribution in [0.25, 0.3) is 11.0 Å². The maximum absolute atomic E-state index is 12.7. The Morgan fingerprint density at radius 3 is 2.85 bits per heavy atom. The standard InChI is InChI=1S/C21H25N5O/c1-15-4-6-16(7-5-15)13-19(27)25-11-8-17(14-25)20-18-3-2-10-23-21(18)26(24-20)12-9-22/h2-7,10,17H,8-9,11-14,22H2,1H3/t17-/m1/s1. The predicted octanol–water partition coefficient (Wildman–Crippen LogP) is 2.26. The van der Waals surface area contributed by atoms with Gasteiger partial charge in [0.05, 0.1) is 18.7 Å². The lowest BCUT2D eigenvalue weighted by Gasteiger charge is -2.16. The number of likely N-dealkylation sites (tertiary alicyclic amines) is 1. The van der Waals surface area contributed by atoms with Crippen molar-refractivity contribution >= 4 is 16.9 Å². The second kappa shape index (κ2) is 7.48. The number of nitrogens with two attached hydrogens (primary N) is 1. The van der Waals surface area contributed by atoms with Gasteiger partial charge in [0.25, 0.3) is 0 Å². The molecular formula is C21H25N5O. The van der Waals surface area contributed by atoms with Crippen LogP contribution in [0.3, 0.4) is 0 Å². The minimum absolute atomic E-state index is 0.185. The first-order chi connectivity index (χ1) is 13.2. The summed E-state index contributed by atoms with van der Waals surface area (Å²) in [6, 6.07) is 12.2. The molecule has 2 aromatic heterocycles. The van der Waals surface area contributed by atoms with Gasteiger partial charge in [0, 0.05) is 37.1 Å². The van der Waals surface area contributed by atoms with Crippen LogP contribution in [-0.4, -0.2) is 45.2 Å². The highest BCUT2D eigenvalue weighted by Crippen LogP contribution is 2.31. The molecule has 0 radical (unpaired) electrons. The summed E-state index contributed by atoms with van der Waals surface area (Å²) < 4.78 is 1.89. The summed E-state index contributed by atoms with van der Waals surface area (Å²) in [5.41, 5.74) is 9.91. The van der Waals surface area contributed by atoms with Gasteiger partial charge < -0.3 is 10.6 Å². The molecule has 0 bridgehead atoms. The normalized spacial score (nSPS) is 17.0. The van der Waals surface area contributed by atoms with E-state index in [9.17, 15) is 4.79 Å². The van der Waals surface area contributed by atoms with Crippen molar-refractivity contribution in [2.24, 2.45) is 5.73 Å². The number of benzene rings is 1. The smallest absolute Gasteiger partial charge is 0.227 e. The van der Waals surface area contributed by atoms with E-state index >= 15 is 0 Å². The molecule has 3 heterocycles. The Kier molecular flexibility index (Phi) is 4.90. The van der Waals surface area contributed by atoms with Crippen LogP contribution in [-0.2, 0) is 17.8 Å². The third-order valence-corrected chi connectivity index (χ3v) is 5.28. The number of amides is 1. The third-order valence-electron chi connectivity index (χ3n) is 5.28. The molecule has 140 valence electrons. The molecule has 0 spiro atoms. The molecule has 4 rings (SSSR count). The van der Waals surface area contributed by atoms with Crippen LogP contribution < -0.4 is 5.73 Å². The van der Waals surface area contributed by atoms with Gasteiger partial charge in [0.15, 0.2) is 5.65 Å². The summed E-state index contributed by atoms with van der Waals surface area (Å²) in [5.74, 6) is 0.433. The first-order valence-corrected chi connectivity index (χ1v) is 9.50. The average Bonchev–Trinajstić information content (AvgIpc) is 3.29. The molecule has 6 nitrogen and oxygen atoms in total. The highest BCUT2D eigenvalue weighted by Gasteiger charge is 2.30. The van der Waals surface area contributed by atoms with Gasteiger partial charge >= 0.3 is 0 Å². The number of hydrogen-bond donors (Lipinski definition) is 1. The van der Waals surface area contributed by atoms with E-state index in [4.69, 9.17) is 10.8 Å². The molecule has 1 saturated heterocycles. The van der Waals surface area contributed by atoms with Crippen LogP contribution in [0.4, 0.5) is 0 Å². The molecule has 1 fully saturated rings. The first kappa shape index (κ1) is 17.7. The van der Waals surface area contributed by atoms with Gasteiger partial charge in [-0.3, -0.25) is 4.79 Å². The van der Waals surface area contributed by atoms with Crippen LogP contribution in [0.5, 0.6) is 0 Å². The molecule has 0 aliphatic carbocycles. The van der Waals surface area contributed by atoms with Crippen molar-refractivity contribution < 1.29 is 4.79 Å². The number of carbonyl (C=O) groups is 1. The molecule has 2 N–H and O–H groups in total. The zero-order valence-electron chi connectivity index (χ0n) is 15.6. The number of aryl methyl sites for hydroxylation is 1. The summed E-state index contributed by atoms with van der Waals surface area (Å²) in [5, 5.41) is 5.86. The summed E-state index contributed by atoms with van der Waals surface area (Å²) >= 11 is 0. The van der Waals surface area contributed by atoms with Crippen LogP contribution >= 0.6 is 0 Å². The quantitative estimate of drug-likeness (QED) is 0.754. The Hall–Kier alpha value is -2.73. The lowest BCUT2D eigenvalue weighted by atomic mass is 10.0. The Labute approximate surface area is 159 Å². The van der Waals surface area contributed by atoms with Gasteiger partial charge in [-0.1, -0.05) is 29.8 Å². The zero-order chi connectivity index (χ0) is 18.8. The van der Waals surface area contributed by atoms with Crippen LogP contribution in [0.2, 0.25) is 0 Å². The van der Waals surface area contributed by atoms with E-state index in [1.165, 1.54) is 5.56 Å². The van der Waals surface area contributed by atoms with E-state index in [0.717, 1.165) is 35.3 Å². The van der Waals surface area contributed by atoms with E-state index in [1.807, 2.05) is 27.8 Å². The summed E-state index contributed by atoms with van der Waals surface area (Å²) in [4.78, 5) is 19.2.